The van der Waals surface area contributed by atoms with Crippen LogP contribution in [0.25, 0.3) is 0 Å². The van der Waals surface area contributed by atoms with Crippen molar-refractivity contribution in [2.24, 2.45) is 0 Å². The highest BCUT2D eigenvalue weighted by Gasteiger charge is 2.13. The molecule has 0 saturated heterocycles. The van der Waals surface area contributed by atoms with Crippen LogP contribution in [-0.4, -0.2) is 36.1 Å². The van der Waals surface area contributed by atoms with Gasteiger partial charge in [-0.15, -0.1) is 10.2 Å². The molecule has 0 unspecified atom stereocenters. The Balaban J connectivity index is 1.72. The first-order chi connectivity index (χ1) is 14.0. The van der Waals surface area contributed by atoms with Gasteiger partial charge in [0.15, 0.2) is 17.3 Å². The zero-order chi connectivity index (χ0) is 20.8. The Hall–Kier alpha value is -3.94. The monoisotopic (exact) mass is 392 g/mol. The van der Waals surface area contributed by atoms with Gasteiger partial charge in [0, 0.05) is 17.3 Å². The molecule has 2 aromatic carbocycles. The molecular weight excluding hydrogens is 372 g/mol. The van der Waals surface area contributed by atoms with Crippen LogP contribution in [0.4, 0.5) is 17.2 Å². The van der Waals surface area contributed by atoms with Crippen LogP contribution in [-0.2, 0) is 0 Å². The molecule has 148 valence electrons. The molecule has 1 heterocycles. The van der Waals surface area contributed by atoms with E-state index in [0.717, 1.165) is 0 Å². The molecule has 8 nitrogen and oxygen atoms in total. The highest BCUT2D eigenvalue weighted by Crippen LogP contribution is 2.29. The van der Waals surface area contributed by atoms with Crippen molar-refractivity contribution >= 4 is 28.9 Å². The van der Waals surface area contributed by atoms with E-state index in [1.54, 1.807) is 48.5 Å². The number of Topliss-reactive ketones (excluding diaryl/α,β-unsaturated/α-hetero) is 1. The smallest absolute Gasteiger partial charge is 0.276 e. The first-order valence-corrected chi connectivity index (χ1v) is 8.75. The number of benzene rings is 2. The number of carbonyl (C=O) groups is 2. The standard InChI is InChI=1S/C21H20N4O4/c1-13(26)14-5-4-6-15(11-14)22-20-10-8-17(24-25-20)21(27)23-18-12-16(28-2)7-9-19(18)29-3/h4-12H,1-3H3,(H,22,25)(H,23,27). The number of carbonyl (C=O) groups excluding carboxylic acids is 2. The summed E-state index contributed by atoms with van der Waals surface area (Å²) in [6, 6.07) is 15.3. The molecule has 0 radical (unpaired) electrons. The minimum absolute atomic E-state index is 0.0280. The Morgan fingerprint density at radius 3 is 2.41 bits per heavy atom. The summed E-state index contributed by atoms with van der Waals surface area (Å²) in [5.74, 6) is 1.06. The van der Waals surface area contributed by atoms with E-state index < -0.39 is 5.91 Å². The summed E-state index contributed by atoms with van der Waals surface area (Å²) in [6.07, 6.45) is 0. The topological polar surface area (TPSA) is 102 Å². The van der Waals surface area contributed by atoms with Crippen molar-refractivity contribution in [1.82, 2.24) is 10.2 Å². The molecule has 0 aliphatic rings. The summed E-state index contributed by atoms with van der Waals surface area (Å²) in [6.45, 7) is 1.50. The molecule has 0 aliphatic carbocycles. The number of ketones is 1. The Morgan fingerprint density at radius 2 is 1.76 bits per heavy atom. The molecule has 0 atom stereocenters. The predicted octanol–water partition coefficient (Wildman–Crippen LogP) is 3.69. The third kappa shape index (κ3) is 4.86. The van der Waals surface area contributed by atoms with Gasteiger partial charge in [-0.05, 0) is 43.3 Å². The second-order valence-electron chi connectivity index (χ2n) is 6.09. The van der Waals surface area contributed by atoms with Gasteiger partial charge in [0.25, 0.3) is 5.91 Å². The normalized spacial score (nSPS) is 10.2. The van der Waals surface area contributed by atoms with Crippen molar-refractivity contribution in [1.29, 1.82) is 0 Å². The van der Waals surface area contributed by atoms with Crippen LogP contribution in [0.1, 0.15) is 27.8 Å². The number of rotatable bonds is 7. The molecule has 1 amide bonds. The van der Waals surface area contributed by atoms with Gasteiger partial charge in [-0.2, -0.15) is 0 Å². The second-order valence-corrected chi connectivity index (χ2v) is 6.09. The number of nitrogens with one attached hydrogen (secondary N) is 2. The van der Waals surface area contributed by atoms with Crippen LogP contribution in [0.5, 0.6) is 11.5 Å². The number of hydrogen-bond acceptors (Lipinski definition) is 7. The van der Waals surface area contributed by atoms with Gasteiger partial charge in [0.05, 0.1) is 19.9 Å². The number of ether oxygens (including phenoxy) is 2. The van der Waals surface area contributed by atoms with Gasteiger partial charge in [0.2, 0.25) is 0 Å². The zero-order valence-corrected chi connectivity index (χ0v) is 16.2. The van der Waals surface area contributed by atoms with Crippen LogP contribution in [0.3, 0.4) is 0 Å². The molecule has 2 N–H and O–H groups in total. The molecule has 1 aromatic heterocycles. The minimum Gasteiger partial charge on any atom is -0.497 e. The van der Waals surface area contributed by atoms with Crippen LogP contribution < -0.4 is 20.1 Å². The molecule has 8 heteroatoms. The Bertz CT molecular complexity index is 1040. The number of methoxy groups -OCH3 is 2. The van der Waals surface area contributed by atoms with Gasteiger partial charge in [-0.1, -0.05) is 12.1 Å². The van der Waals surface area contributed by atoms with Gasteiger partial charge in [0.1, 0.15) is 11.5 Å². The summed E-state index contributed by atoms with van der Waals surface area (Å²) in [5, 5.41) is 13.8. The Kier molecular flexibility index (Phi) is 6.03. The van der Waals surface area contributed by atoms with E-state index in [1.807, 2.05) is 6.07 Å². The summed E-state index contributed by atoms with van der Waals surface area (Å²) in [7, 11) is 3.05. The summed E-state index contributed by atoms with van der Waals surface area (Å²) >= 11 is 0. The molecule has 0 spiro atoms. The molecule has 0 bridgehead atoms. The van der Waals surface area contributed by atoms with E-state index in [-0.39, 0.29) is 11.5 Å². The maximum atomic E-state index is 12.5. The number of aromatic nitrogens is 2. The maximum Gasteiger partial charge on any atom is 0.276 e. The lowest BCUT2D eigenvalue weighted by molar-refractivity contribution is 0.101. The van der Waals surface area contributed by atoms with Gasteiger partial charge in [-0.3, -0.25) is 9.59 Å². The highest BCUT2D eigenvalue weighted by molar-refractivity contribution is 6.03. The SMILES string of the molecule is COc1ccc(OC)c(NC(=O)c2ccc(Nc3cccc(C(C)=O)c3)nn2)c1. The van der Waals surface area contributed by atoms with Gasteiger partial charge >= 0.3 is 0 Å². The number of hydrogen-bond donors (Lipinski definition) is 2. The fraction of sp³-hybridized carbons (Fsp3) is 0.143. The lowest BCUT2D eigenvalue weighted by atomic mass is 10.1. The van der Waals surface area contributed by atoms with Crippen molar-refractivity contribution in [3.05, 3.63) is 65.9 Å². The van der Waals surface area contributed by atoms with Crippen LogP contribution in [0.2, 0.25) is 0 Å². The zero-order valence-electron chi connectivity index (χ0n) is 16.2. The first-order valence-electron chi connectivity index (χ1n) is 8.75. The average Bonchev–Trinajstić information content (AvgIpc) is 2.74. The summed E-state index contributed by atoms with van der Waals surface area (Å²) in [5.41, 5.74) is 1.89. The van der Waals surface area contributed by atoms with E-state index in [9.17, 15) is 9.59 Å². The second kappa shape index (κ2) is 8.83. The van der Waals surface area contributed by atoms with E-state index in [0.29, 0.717) is 34.3 Å². The van der Waals surface area contributed by atoms with Crippen LogP contribution in [0, 0.1) is 0 Å². The first kappa shape index (κ1) is 19.8. The van der Waals surface area contributed by atoms with E-state index in [4.69, 9.17) is 9.47 Å². The number of nitrogens with zero attached hydrogens (tertiary/aromatic N) is 2. The van der Waals surface area contributed by atoms with Crippen molar-refractivity contribution in [2.45, 2.75) is 6.92 Å². The molecular formula is C21H20N4O4. The molecule has 0 aliphatic heterocycles. The van der Waals surface area contributed by atoms with E-state index in [1.165, 1.54) is 21.1 Å². The number of anilines is 3. The van der Waals surface area contributed by atoms with E-state index in [2.05, 4.69) is 20.8 Å². The van der Waals surface area contributed by atoms with Crippen molar-refractivity contribution in [3.8, 4) is 11.5 Å². The summed E-state index contributed by atoms with van der Waals surface area (Å²) in [4.78, 5) is 24.0. The molecule has 3 rings (SSSR count). The quantitative estimate of drug-likeness (QED) is 0.591. The largest absolute Gasteiger partial charge is 0.497 e. The Labute approximate surface area is 167 Å². The van der Waals surface area contributed by atoms with Crippen LogP contribution >= 0.6 is 0 Å². The lowest BCUT2D eigenvalue weighted by Gasteiger charge is -2.11. The van der Waals surface area contributed by atoms with E-state index >= 15 is 0 Å². The third-order valence-corrected chi connectivity index (χ3v) is 4.09. The lowest BCUT2D eigenvalue weighted by Crippen LogP contribution is -2.15. The van der Waals surface area contributed by atoms with Crippen molar-refractivity contribution < 1.29 is 19.1 Å². The minimum atomic E-state index is -0.436. The molecule has 29 heavy (non-hydrogen) atoms. The molecule has 3 aromatic rings. The summed E-state index contributed by atoms with van der Waals surface area (Å²) < 4.78 is 10.4. The predicted molar refractivity (Wildman–Crippen MR) is 109 cm³/mol. The average molecular weight is 392 g/mol. The third-order valence-electron chi connectivity index (χ3n) is 4.09. The Morgan fingerprint density at radius 1 is 0.931 bits per heavy atom. The van der Waals surface area contributed by atoms with Gasteiger partial charge < -0.3 is 20.1 Å². The highest BCUT2D eigenvalue weighted by atomic mass is 16.5. The molecule has 0 fully saturated rings. The fourth-order valence-corrected chi connectivity index (χ4v) is 2.58. The van der Waals surface area contributed by atoms with Crippen LogP contribution in [0.15, 0.2) is 54.6 Å². The van der Waals surface area contributed by atoms with Crippen molar-refractivity contribution in [2.75, 3.05) is 24.9 Å². The fourth-order valence-electron chi connectivity index (χ4n) is 2.58. The maximum absolute atomic E-state index is 12.5. The number of amides is 1. The molecule has 0 saturated carbocycles. The van der Waals surface area contributed by atoms with Crippen molar-refractivity contribution in [3.63, 3.8) is 0 Å². The van der Waals surface area contributed by atoms with Gasteiger partial charge in [-0.25, -0.2) is 0 Å².